The summed E-state index contributed by atoms with van der Waals surface area (Å²) >= 11 is 0. The summed E-state index contributed by atoms with van der Waals surface area (Å²) in [5.41, 5.74) is -3.03. The zero-order chi connectivity index (χ0) is 17.3. The molecular weight excluding hydrogens is 338 g/mol. The lowest BCUT2D eigenvalue weighted by Crippen LogP contribution is -2.30. The Hall–Kier alpha value is -1.55. The zero-order valence-corrected chi connectivity index (χ0v) is 11.8. The second-order valence-corrected chi connectivity index (χ2v) is 5.81. The van der Waals surface area contributed by atoms with Gasteiger partial charge in [0.1, 0.15) is 0 Å². The Balaban J connectivity index is 3.65. The molecule has 3 nitrogen and oxygen atoms in total. The van der Waals surface area contributed by atoms with Gasteiger partial charge in [-0.3, -0.25) is 4.55 Å². The van der Waals surface area contributed by atoms with Gasteiger partial charge in [0.25, 0.3) is 10.1 Å². The first-order chi connectivity index (χ1) is 9.74. The van der Waals surface area contributed by atoms with Gasteiger partial charge in [-0.1, -0.05) is 24.3 Å². The van der Waals surface area contributed by atoms with Crippen LogP contribution < -0.4 is 0 Å². The molecule has 0 heterocycles. The van der Waals surface area contributed by atoms with Crippen molar-refractivity contribution in [1.29, 1.82) is 0 Å². The van der Waals surface area contributed by atoms with Gasteiger partial charge >= 0.3 is 12.4 Å². The second kappa shape index (κ2) is 5.92. The number of rotatable bonds is 3. The summed E-state index contributed by atoms with van der Waals surface area (Å²) in [6.45, 7) is 1.39. The third-order valence-electron chi connectivity index (χ3n) is 2.77. The lowest BCUT2D eigenvalue weighted by molar-refractivity contribution is -0.172. The van der Waals surface area contributed by atoms with E-state index in [0.29, 0.717) is 0 Å². The van der Waals surface area contributed by atoms with Crippen molar-refractivity contribution in [2.24, 2.45) is 0 Å². The topological polar surface area (TPSA) is 54.4 Å². The van der Waals surface area contributed by atoms with Crippen LogP contribution in [0.3, 0.4) is 0 Å². The van der Waals surface area contributed by atoms with Gasteiger partial charge in [0, 0.05) is 6.42 Å². The maximum Gasteiger partial charge on any atom is 0.422 e. The van der Waals surface area contributed by atoms with Crippen molar-refractivity contribution in [3.05, 3.63) is 45.9 Å². The molecular formula is C12H10F6O3S. The van der Waals surface area contributed by atoms with Crippen LogP contribution in [0.2, 0.25) is 0 Å². The Morgan fingerprint density at radius 2 is 1.50 bits per heavy atom. The minimum Gasteiger partial charge on any atom is -0.282 e. The van der Waals surface area contributed by atoms with Crippen molar-refractivity contribution in [2.75, 3.05) is 0 Å². The Bertz CT molecular complexity index is 670. The number of hydrogen-bond donors (Lipinski definition) is 1. The number of hydrogen-bond acceptors (Lipinski definition) is 2. The summed E-state index contributed by atoms with van der Waals surface area (Å²) < 4.78 is 107. The van der Waals surface area contributed by atoms with Crippen LogP contribution in [-0.2, 0) is 16.5 Å². The van der Waals surface area contributed by atoms with E-state index in [-0.39, 0.29) is 11.1 Å². The Kier molecular flexibility index (Phi) is 4.98. The van der Waals surface area contributed by atoms with Crippen molar-refractivity contribution < 1.29 is 39.3 Å². The van der Waals surface area contributed by atoms with Crippen LogP contribution in [0.1, 0.15) is 11.1 Å². The molecule has 22 heavy (non-hydrogen) atoms. The zero-order valence-electron chi connectivity index (χ0n) is 11.0. The van der Waals surface area contributed by atoms with E-state index in [1.807, 2.05) is 0 Å². The number of alkyl halides is 6. The van der Waals surface area contributed by atoms with Crippen LogP contribution in [0, 0.1) is 6.92 Å². The fraction of sp³-hybridized carbons (Fsp3) is 0.333. The maximum atomic E-state index is 12.6. The van der Waals surface area contributed by atoms with E-state index < -0.39 is 39.4 Å². The molecule has 0 spiro atoms. The van der Waals surface area contributed by atoms with Gasteiger partial charge in [0.2, 0.25) is 0 Å². The summed E-state index contributed by atoms with van der Waals surface area (Å²) in [6.07, 6.45) is -13.2. The number of benzene rings is 1. The third kappa shape index (κ3) is 4.47. The highest BCUT2D eigenvalue weighted by Crippen LogP contribution is 2.42. The van der Waals surface area contributed by atoms with Crippen LogP contribution in [0.4, 0.5) is 26.3 Å². The Labute approximate surface area is 122 Å². The summed E-state index contributed by atoms with van der Waals surface area (Å²) in [5, 5.41) is 0. The molecule has 0 saturated carbocycles. The van der Waals surface area contributed by atoms with Gasteiger partial charge < -0.3 is 0 Å². The van der Waals surface area contributed by atoms with Gasteiger partial charge in [-0.2, -0.15) is 34.8 Å². The van der Waals surface area contributed by atoms with Gasteiger partial charge in [-0.05, 0) is 18.1 Å². The van der Waals surface area contributed by atoms with Gasteiger partial charge in [-0.15, -0.1) is 0 Å². The predicted molar refractivity (Wildman–Crippen MR) is 65.6 cm³/mol. The molecule has 0 saturated heterocycles. The SMILES string of the molecule is Cc1ccccc1CC(=C(C(F)(F)F)C(F)(F)F)S(=O)(=O)O. The van der Waals surface area contributed by atoms with Gasteiger partial charge in [0.05, 0.1) is 4.91 Å². The van der Waals surface area contributed by atoms with E-state index in [4.69, 9.17) is 4.55 Å². The van der Waals surface area contributed by atoms with Crippen LogP contribution in [0.5, 0.6) is 0 Å². The predicted octanol–water partition coefficient (Wildman–Crippen LogP) is 3.80. The van der Waals surface area contributed by atoms with E-state index in [0.717, 1.165) is 0 Å². The largest absolute Gasteiger partial charge is 0.422 e. The van der Waals surface area contributed by atoms with E-state index in [1.54, 1.807) is 0 Å². The molecule has 0 aromatic heterocycles. The molecule has 1 rings (SSSR count). The molecule has 0 aliphatic rings. The Morgan fingerprint density at radius 3 is 1.86 bits per heavy atom. The summed E-state index contributed by atoms with van der Waals surface area (Å²) in [5.74, 6) is 0. The monoisotopic (exact) mass is 348 g/mol. The van der Waals surface area contributed by atoms with Gasteiger partial charge in [0.15, 0.2) is 5.57 Å². The average Bonchev–Trinajstić information content (AvgIpc) is 2.26. The van der Waals surface area contributed by atoms with E-state index in [9.17, 15) is 34.8 Å². The number of halogens is 6. The molecule has 0 aliphatic carbocycles. The second-order valence-electron chi connectivity index (χ2n) is 4.37. The van der Waals surface area contributed by atoms with Crippen molar-refractivity contribution in [3.8, 4) is 0 Å². The molecule has 0 radical (unpaired) electrons. The highest BCUT2D eigenvalue weighted by atomic mass is 32.2. The Morgan fingerprint density at radius 1 is 1.05 bits per heavy atom. The fourth-order valence-corrected chi connectivity index (χ4v) is 2.59. The molecule has 0 aliphatic heterocycles. The normalized spacial score (nSPS) is 13.1. The molecule has 0 amide bonds. The highest BCUT2D eigenvalue weighted by molar-refractivity contribution is 7.89. The minimum atomic E-state index is -5.98. The standard InChI is InChI=1S/C12H10F6O3S/c1-7-4-2-3-5-8(7)6-9(22(19,20)21)10(11(13,14)15)12(16,17)18/h2-5H,6H2,1H3,(H,19,20,21). The average molecular weight is 348 g/mol. The summed E-state index contributed by atoms with van der Waals surface area (Å²) in [4.78, 5) is -2.12. The summed E-state index contributed by atoms with van der Waals surface area (Å²) in [7, 11) is -5.71. The lowest BCUT2D eigenvalue weighted by Gasteiger charge is -2.19. The molecule has 0 fully saturated rings. The van der Waals surface area contributed by atoms with E-state index in [1.165, 1.54) is 31.2 Å². The molecule has 10 heteroatoms. The first-order valence-electron chi connectivity index (χ1n) is 5.64. The van der Waals surface area contributed by atoms with Crippen LogP contribution in [-0.4, -0.2) is 25.3 Å². The van der Waals surface area contributed by atoms with E-state index >= 15 is 0 Å². The smallest absolute Gasteiger partial charge is 0.282 e. The minimum absolute atomic E-state index is 0.0823. The van der Waals surface area contributed by atoms with Gasteiger partial charge in [-0.25, -0.2) is 0 Å². The maximum absolute atomic E-state index is 12.6. The quantitative estimate of drug-likeness (QED) is 0.668. The number of allylic oxidation sites excluding steroid dienone is 2. The molecule has 1 aromatic carbocycles. The molecule has 0 atom stereocenters. The van der Waals surface area contributed by atoms with Crippen molar-refractivity contribution in [3.63, 3.8) is 0 Å². The van der Waals surface area contributed by atoms with Crippen molar-refractivity contribution >= 4 is 10.1 Å². The first kappa shape index (κ1) is 18.5. The van der Waals surface area contributed by atoms with E-state index in [2.05, 4.69) is 0 Å². The van der Waals surface area contributed by atoms with Crippen molar-refractivity contribution in [2.45, 2.75) is 25.7 Å². The number of aryl methyl sites for hydroxylation is 1. The fourth-order valence-electron chi connectivity index (χ4n) is 1.77. The van der Waals surface area contributed by atoms with Crippen molar-refractivity contribution in [1.82, 2.24) is 0 Å². The highest BCUT2D eigenvalue weighted by Gasteiger charge is 2.54. The van der Waals surface area contributed by atoms with Crippen LogP contribution in [0.25, 0.3) is 0 Å². The molecule has 1 aromatic rings. The van der Waals surface area contributed by atoms with Crippen LogP contribution >= 0.6 is 0 Å². The molecule has 0 bridgehead atoms. The molecule has 1 N–H and O–H groups in total. The molecule has 0 unspecified atom stereocenters. The first-order valence-corrected chi connectivity index (χ1v) is 7.08. The molecule has 124 valence electrons. The lowest BCUT2D eigenvalue weighted by atomic mass is 10.0. The third-order valence-corrected chi connectivity index (χ3v) is 3.74. The summed E-state index contributed by atoms with van der Waals surface area (Å²) in [6, 6.07) is 5.36. The van der Waals surface area contributed by atoms with Crippen LogP contribution in [0.15, 0.2) is 34.7 Å².